The van der Waals surface area contributed by atoms with Gasteiger partial charge in [0, 0.05) is 18.2 Å². The number of methoxy groups -OCH3 is 1. The molecule has 1 aliphatic carbocycles. The number of carbonyl (C=O) groups is 1. The Morgan fingerprint density at radius 2 is 1.85 bits per heavy atom. The van der Waals surface area contributed by atoms with Crippen molar-refractivity contribution in [3.63, 3.8) is 0 Å². The van der Waals surface area contributed by atoms with E-state index in [-0.39, 0.29) is 17.6 Å². The average molecular weight is 374 g/mol. The molecule has 8 heteroatoms. The maximum absolute atomic E-state index is 12.5. The number of fused-ring (bicyclic) bond motifs is 1. The van der Waals surface area contributed by atoms with Crippen molar-refractivity contribution in [1.29, 1.82) is 0 Å². The van der Waals surface area contributed by atoms with Crippen LogP contribution in [0.1, 0.15) is 52.5 Å². The topological polar surface area (TPSA) is 95.3 Å². The van der Waals surface area contributed by atoms with Crippen molar-refractivity contribution in [2.24, 2.45) is 0 Å². The van der Waals surface area contributed by atoms with E-state index in [2.05, 4.69) is 15.3 Å². The van der Waals surface area contributed by atoms with E-state index in [0.29, 0.717) is 16.9 Å². The second-order valence-electron chi connectivity index (χ2n) is 7.84. The Hall–Kier alpha value is -2.64. The lowest BCUT2D eigenvalue weighted by Gasteiger charge is -2.31. The Morgan fingerprint density at radius 1 is 1.19 bits per heavy atom. The molecule has 0 radical (unpaired) electrons. The third-order valence-electron chi connectivity index (χ3n) is 4.63. The van der Waals surface area contributed by atoms with Gasteiger partial charge in [-0.25, -0.2) is 14.8 Å². The summed E-state index contributed by atoms with van der Waals surface area (Å²) in [5, 5.41) is 2.92. The van der Waals surface area contributed by atoms with Gasteiger partial charge >= 0.3 is 6.09 Å². The lowest BCUT2D eigenvalue weighted by Crippen LogP contribution is -2.41. The zero-order chi connectivity index (χ0) is 19.6. The molecule has 0 saturated heterocycles. The van der Waals surface area contributed by atoms with Crippen molar-refractivity contribution < 1.29 is 14.3 Å². The highest BCUT2D eigenvalue weighted by molar-refractivity contribution is 5.71. The Morgan fingerprint density at radius 3 is 2.48 bits per heavy atom. The number of aromatic nitrogens is 3. The van der Waals surface area contributed by atoms with Crippen LogP contribution in [0.4, 0.5) is 4.79 Å². The van der Waals surface area contributed by atoms with Crippen LogP contribution < -0.4 is 15.6 Å². The van der Waals surface area contributed by atoms with E-state index in [4.69, 9.17) is 9.47 Å². The summed E-state index contributed by atoms with van der Waals surface area (Å²) in [6.07, 6.45) is 5.60. The molecular formula is C19H26N4O4. The van der Waals surface area contributed by atoms with Gasteiger partial charge in [-0.3, -0.25) is 4.79 Å². The standard InChI is InChI=1S/C19H26N4O4/c1-19(2,3)27-18(25)22-12-5-7-13(8-6-12)23-15-9-14(26-4)10-20-17(15)21-11-16(23)24/h9-13H,5-8H2,1-4H3,(H,22,25). The van der Waals surface area contributed by atoms with Gasteiger partial charge in [-0.1, -0.05) is 0 Å². The van der Waals surface area contributed by atoms with E-state index in [1.165, 1.54) is 6.20 Å². The summed E-state index contributed by atoms with van der Waals surface area (Å²) in [5.74, 6) is 0.587. The Bertz CT molecular complexity index is 879. The van der Waals surface area contributed by atoms with Gasteiger partial charge in [0.2, 0.25) is 0 Å². The summed E-state index contributed by atoms with van der Waals surface area (Å²) in [6, 6.07) is 1.88. The van der Waals surface area contributed by atoms with Crippen LogP contribution >= 0.6 is 0 Å². The highest BCUT2D eigenvalue weighted by Crippen LogP contribution is 2.30. The van der Waals surface area contributed by atoms with E-state index in [1.54, 1.807) is 23.9 Å². The van der Waals surface area contributed by atoms with E-state index in [9.17, 15) is 9.59 Å². The summed E-state index contributed by atoms with van der Waals surface area (Å²) in [7, 11) is 1.56. The molecule has 0 aromatic carbocycles. The summed E-state index contributed by atoms with van der Waals surface area (Å²) in [5.41, 5.74) is 0.521. The van der Waals surface area contributed by atoms with Gasteiger partial charge in [-0.2, -0.15) is 0 Å². The number of hydrogen-bond acceptors (Lipinski definition) is 6. The summed E-state index contributed by atoms with van der Waals surface area (Å²) in [4.78, 5) is 32.8. The number of carbonyl (C=O) groups excluding carboxylic acids is 1. The van der Waals surface area contributed by atoms with Gasteiger partial charge < -0.3 is 19.4 Å². The molecule has 1 saturated carbocycles. The van der Waals surface area contributed by atoms with Crippen LogP contribution in [0, 0.1) is 0 Å². The molecule has 0 atom stereocenters. The molecule has 0 unspecified atom stereocenters. The quantitative estimate of drug-likeness (QED) is 0.888. The molecule has 3 rings (SSSR count). The van der Waals surface area contributed by atoms with Crippen molar-refractivity contribution >= 4 is 17.3 Å². The van der Waals surface area contributed by atoms with E-state index >= 15 is 0 Å². The SMILES string of the molecule is COc1cnc2ncc(=O)n(C3CCC(NC(=O)OC(C)(C)C)CC3)c2c1. The van der Waals surface area contributed by atoms with Crippen LogP contribution in [0.15, 0.2) is 23.3 Å². The minimum Gasteiger partial charge on any atom is -0.495 e. The first-order valence-electron chi connectivity index (χ1n) is 9.17. The van der Waals surface area contributed by atoms with Crippen LogP contribution in [0.3, 0.4) is 0 Å². The second-order valence-corrected chi connectivity index (χ2v) is 7.84. The highest BCUT2D eigenvalue weighted by atomic mass is 16.6. The molecule has 0 spiro atoms. The maximum Gasteiger partial charge on any atom is 0.407 e. The molecule has 1 amide bonds. The minimum absolute atomic E-state index is 0.0357. The van der Waals surface area contributed by atoms with E-state index < -0.39 is 11.7 Å². The van der Waals surface area contributed by atoms with Gasteiger partial charge in [0.1, 0.15) is 11.4 Å². The fraction of sp³-hybridized carbons (Fsp3) is 0.579. The summed E-state index contributed by atoms with van der Waals surface area (Å²) < 4.78 is 12.3. The van der Waals surface area contributed by atoms with Crippen LogP contribution in [0.25, 0.3) is 11.2 Å². The first-order chi connectivity index (χ1) is 12.8. The number of alkyl carbamates (subject to hydrolysis) is 1. The fourth-order valence-electron chi connectivity index (χ4n) is 3.44. The van der Waals surface area contributed by atoms with Gasteiger partial charge in [0.15, 0.2) is 5.65 Å². The van der Waals surface area contributed by atoms with Gasteiger partial charge in [-0.15, -0.1) is 0 Å². The molecule has 1 N–H and O–H groups in total. The number of nitrogens with one attached hydrogen (secondary N) is 1. The highest BCUT2D eigenvalue weighted by Gasteiger charge is 2.27. The van der Waals surface area contributed by atoms with Gasteiger partial charge in [0.25, 0.3) is 5.56 Å². The third-order valence-corrected chi connectivity index (χ3v) is 4.63. The minimum atomic E-state index is -0.517. The van der Waals surface area contributed by atoms with Crippen molar-refractivity contribution in [2.75, 3.05) is 7.11 Å². The molecule has 27 heavy (non-hydrogen) atoms. The molecule has 1 fully saturated rings. The second kappa shape index (κ2) is 7.54. The van der Waals surface area contributed by atoms with Crippen LogP contribution in [0.5, 0.6) is 5.75 Å². The Kier molecular flexibility index (Phi) is 5.34. The van der Waals surface area contributed by atoms with E-state index in [1.807, 2.05) is 20.8 Å². The molecular weight excluding hydrogens is 348 g/mol. The Balaban J connectivity index is 1.74. The summed E-state index contributed by atoms with van der Waals surface area (Å²) in [6.45, 7) is 5.52. The van der Waals surface area contributed by atoms with Crippen molar-refractivity contribution in [2.45, 2.75) is 64.1 Å². The predicted molar refractivity (Wildman–Crippen MR) is 101 cm³/mol. The number of rotatable bonds is 3. The average Bonchev–Trinajstić information content (AvgIpc) is 2.60. The van der Waals surface area contributed by atoms with Crippen LogP contribution in [0.2, 0.25) is 0 Å². The number of amides is 1. The first kappa shape index (κ1) is 19.1. The van der Waals surface area contributed by atoms with Gasteiger partial charge in [-0.05, 0) is 46.5 Å². The molecule has 0 bridgehead atoms. The monoisotopic (exact) mass is 374 g/mol. The smallest absolute Gasteiger partial charge is 0.407 e. The lowest BCUT2D eigenvalue weighted by atomic mass is 9.91. The molecule has 0 aliphatic heterocycles. The summed E-state index contributed by atoms with van der Waals surface area (Å²) >= 11 is 0. The van der Waals surface area contributed by atoms with Crippen molar-refractivity contribution in [3.8, 4) is 5.75 Å². The molecule has 2 aromatic heterocycles. The van der Waals surface area contributed by atoms with Crippen LogP contribution in [-0.2, 0) is 4.74 Å². The molecule has 146 valence electrons. The fourth-order valence-corrected chi connectivity index (χ4v) is 3.44. The molecule has 1 aliphatic rings. The molecule has 2 aromatic rings. The molecule has 8 nitrogen and oxygen atoms in total. The normalized spacial score (nSPS) is 20.3. The predicted octanol–water partition coefficient (Wildman–Crippen LogP) is 2.81. The first-order valence-corrected chi connectivity index (χ1v) is 9.17. The number of pyridine rings is 1. The Labute approximate surface area is 157 Å². The van der Waals surface area contributed by atoms with E-state index in [0.717, 1.165) is 25.7 Å². The zero-order valence-electron chi connectivity index (χ0n) is 16.2. The number of ether oxygens (including phenoxy) is 2. The van der Waals surface area contributed by atoms with Crippen LogP contribution in [-0.4, -0.2) is 39.4 Å². The van der Waals surface area contributed by atoms with Crippen molar-refractivity contribution in [1.82, 2.24) is 19.9 Å². The largest absolute Gasteiger partial charge is 0.495 e. The maximum atomic E-state index is 12.5. The lowest BCUT2D eigenvalue weighted by molar-refractivity contribution is 0.0488. The number of hydrogen-bond donors (Lipinski definition) is 1. The molecule has 2 heterocycles. The number of nitrogens with zero attached hydrogens (tertiary/aromatic N) is 3. The third kappa shape index (κ3) is 4.56. The van der Waals surface area contributed by atoms with Crippen molar-refractivity contribution in [3.05, 3.63) is 28.8 Å². The zero-order valence-corrected chi connectivity index (χ0v) is 16.2. The van der Waals surface area contributed by atoms with Gasteiger partial charge in [0.05, 0.1) is 25.0 Å².